The van der Waals surface area contributed by atoms with Crippen LogP contribution in [0.3, 0.4) is 0 Å². The van der Waals surface area contributed by atoms with Crippen molar-refractivity contribution in [1.29, 1.82) is 0 Å². The molecule has 2 aromatic heterocycles. The monoisotopic (exact) mass is 399 g/mol. The first kappa shape index (κ1) is 18.3. The van der Waals surface area contributed by atoms with Gasteiger partial charge in [-0.3, -0.25) is 4.79 Å². The van der Waals surface area contributed by atoms with Gasteiger partial charge in [0, 0.05) is 44.0 Å². The molecule has 1 saturated heterocycles. The zero-order chi connectivity index (χ0) is 20.3. The molecule has 2 aromatic carbocycles. The fourth-order valence-corrected chi connectivity index (χ4v) is 3.61. The SMILES string of the molecule is O=C(c1ccc(Cn2ccnc2)cc1)N1CC(c2nc(Cc3ccccc3)no2)C1. The molecule has 0 saturated carbocycles. The number of carbonyl (C=O) groups is 1. The third kappa shape index (κ3) is 3.87. The summed E-state index contributed by atoms with van der Waals surface area (Å²) >= 11 is 0. The van der Waals surface area contributed by atoms with E-state index in [0.717, 1.165) is 17.7 Å². The Morgan fingerprint density at radius 2 is 1.83 bits per heavy atom. The average Bonchev–Trinajstić information content (AvgIpc) is 3.41. The minimum absolute atomic E-state index is 0.0319. The van der Waals surface area contributed by atoms with Crippen molar-refractivity contribution < 1.29 is 9.32 Å². The van der Waals surface area contributed by atoms with Crippen LogP contribution in [0, 0.1) is 0 Å². The van der Waals surface area contributed by atoms with Crippen molar-refractivity contribution in [2.75, 3.05) is 13.1 Å². The zero-order valence-electron chi connectivity index (χ0n) is 16.4. The summed E-state index contributed by atoms with van der Waals surface area (Å²) in [6.07, 6.45) is 6.10. The van der Waals surface area contributed by atoms with Gasteiger partial charge in [0.1, 0.15) is 0 Å². The second-order valence-electron chi connectivity index (χ2n) is 7.55. The van der Waals surface area contributed by atoms with Gasteiger partial charge in [-0.15, -0.1) is 0 Å². The molecule has 0 radical (unpaired) electrons. The van der Waals surface area contributed by atoms with Gasteiger partial charge in [0.25, 0.3) is 5.91 Å². The van der Waals surface area contributed by atoms with Gasteiger partial charge in [0.05, 0.1) is 12.2 Å². The van der Waals surface area contributed by atoms with Crippen LogP contribution in [0.15, 0.2) is 77.8 Å². The van der Waals surface area contributed by atoms with Crippen molar-refractivity contribution >= 4 is 5.91 Å². The summed E-state index contributed by atoms with van der Waals surface area (Å²) in [5.41, 5.74) is 2.97. The fourth-order valence-electron chi connectivity index (χ4n) is 3.61. The Kier molecular flexibility index (Phi) is 4.85. The Balaban J connectivity index is 1.16. The Morgan fingerprint density at radius 1 is 1.03 bits per heavy atom. The van der Waals surface area contributed by atoms with Gasteiger partial charge in [0.2, 0.25) is 5.89 Å². The number of carbonyl (C=O) groups excluding carboxylic acids is 1. The molecule has 3 heterocycles. The minimum Gasteiger partial charge on any atom is -0.339 e. The maximum atomic E-state index is 12.7. The van der Waals surface area contributed by atoms with Crippen molar-refractivity contribution in [1.82, 2.24) is 24.6 Å². The predicted octanol–water partition coefficient (Wildman–Crippen LogP) is 3.14. The maximum Gasteiger partial charge on any atom is 0.253 e. The van der Waals surface area contributed by atoms with Crippen molar-refractivity contribution in [3.63, 3.8) is 0 Å². The van der Waals surface area contributed by atoms with Gasteiger partial charge in [-0.05, 0) is 23.3 Å². The van der Waals surface area contributed by atoms with Gasteiger partial charge < -0.3 is 14.0 Å². The van der Waals surface area contributed by atoms with Gasteiger partial charge in [-0.1, -0.05) is 47.6 Å². The van der Waals surface area contributed by atoms with E-state index >= 15 is 0 Å². The van der Waals surface area contributed by atoms with Crippen LogP contribution in [-0.2, 0) is 13.0 Å². The second-order valence-corrected chi connectivity index (χ2v) is 7.55. The normalized spacial score (nSPS) is 13.9. The summed E-state index contributed by atoms with van der Waals surface area (Å²) in [5, 5.41) is 4.09. The molecule has 1 fully saturated rings. The molecule has 150 valence electrons. The lowest BCUT2D eigenvalue weighted by Crippen LogP contribution is -2.48. The number of hydrogen-bond donors (Lipinski definition) is 0. The summed E-state index contributed by atoms with van der Waals surface area (Å²) in [4.78, 5) is 23.1. The molecule has 1 aliphatic rings. The molecular weight excluding hydrogens is 378 g/mol. The lowest BCUT2D eigenvalue weighted by atomic mass is 9.98. The van der Waals surface area contributed by atoms with Crippen molar-refractivity contribution in [3.05, 3.63) is 102 Å². The lowest BCUT2D eigenvalue weighted by Gasteiger charge is -2.37. The molecule has 0 unspecified atom stereocenters. The number of aromatic nitrogens is 4. The van der Waals surface area contributed by atoms with E-state index in [4.69, 9.17) is 4.52 Å². The van der Waals surface area contributed by atoms with Crippen molar-refractivity contribution in [2.45, 2.75) is 18.9 Å². The molecule has 7 nitrogen and oxygen atoms in total. The van der Waals surface area contributed by atoms with E-state index < -0.39 is 0 Å². The highest BCUT2D eigenvalue weighted by molar-refractivity contribution is 5.94. The molecule has 0 spiro atoms. The highest BCUT2D eigenvalue weighted by Gasteiger charge is 2.36. The third-order valence-corrected chi connectivity index (χ3v) is 5.33. The zero-order valence-corrected chi connectivity index (χ0v) is 16.4. The lowest BCUT2D eigenvalue weighted by molar-refractivity contribution is 0.0569. The second kappa shape index (κ2) is 7.94. The van der Waals surface area contributed by atoms with Crippen LogP contribution >= 0.6 is 0 Å². The number of hydrogen-bond acceptors (Lipinski definition) is 5. The topological polar surface area (TPSA) is 77.1 Å². The number of rotatable bonds is 6. The maximum absolute atomic E-state index is 12.7. The predicted molar refractivity (Wildman–Crippen MR) is 110 cm³/mol. The molecule has 0 atom stereocenters. The van der Waals surface area contributed by atoms with Crippen LogP contribution in [0.4, 0.5) is 0 Å². The molecule has 0 N–H and O–H groups in total. The first-order valence-electron chi connectivity index (χ1n) is 9.95. The quantitative estimate of drug-likeness (QED) is 0.498. The summed E-state index contributed by atoms with van der Waals surface area (Å²) in [5.74, 6) is 1.42. The third-order valence-electron chi connectivity index (χ3n) is 5.33. The molecule has 1 aliphatic heterocycles. The molecule has 4 aromatic rings. The molecule has 0 bridgehead atoms. The van der Waals surface area contributed by atoms with Gasteiger partial charge in [-0.2, -0.15) is 4.98 Å². The number of amides is 1. The van der Waals surface area contributed by atoms with E-state index in [1.165, 1.54) is 0 Å². The van der Waals surface area contributed by atoms with E-state index in [1.807, 2.05) is 70.3 Å². The van der Waals surface area contributed by atoms with Gasteiger partial charge in [-0.25, -0.2) is 4.98 Å². The first-order valence-corrected chi connectivity index (χ1v) is 9.95. The van der Waals surface area contributed by atoms with Crippen LogP contribution < -0.4 is 0 Å². The van der Waals surface area contributed by atoms with Gasteiger partial charge in [0.15, 0.2) is 5.82 Å². The average molecular weight is 399 g/mol. The van der Waals surface area contributed by atoms with Crippen LogP contribution in [-0.4, -0.2) is 43.6 Å². The molecule has 7 heteroatoms. The van der Waals surface area contributed by atoms with Crippen molar-refractivity contribution in [3.8, 4) is 0 Å². The van der Waals surface area contributed by atoms with Crippen LogP contribution in [0.25, 0.3) is 0 Å². The largest absolute Gasteiger partial charge is 0.339 e. The fraction of sp³-hybridized carbons (Fsp3) is 0.217. The Hall–Kier alpha value is -3.74. The molecule has 0 aliphatic carbocycles. The Morgan fingerprint density at radius 3 is 2.57 bits per heavy atom. The van der Waals surface area contributed by atoms with Crippen LogP contribution in [0.1, 0.15) is 39.1 Å². The first-order chi connectivity index (χ1) is 14.7. The highest BCUT2D eigenvalue weighted by atomic mass is 16.5. The van der Waals surface area contributed by atoms with Gasteiger partial charge >= 0.3 is 0 Å². The number of nitrogens with zero attached hydrogens (tertiary/aromatic N) is 5. The Labute approximate surface area is 174 Å². The summed E-state index contributed by atoms with van der Waals surface area (Å²) in [7, 11) is 0. The van der Waals surface area contributed by atoms with Crippen LogP contribution in [0.5, 0.6) is 0 Å². The summed E-state index contributed by atoms with van der Waals surface area (Å²) in [6, 6.07) is 17.8. The highest BCUT2D eigenvalue weighted by Crippen LogP contribution is 2.27. The summed E-state index contributed by atoms with van der Waals surface area (Å²) < 4.78 is 7.43. The van der Waals surface area contributed by atoms with E-state index in [2.05, 4.69) is 15.1 Å². The molecule has 5 rings (SSSR count). The summed E-state index contributed by atoms with van der Waals surface area (Å²) in [6.45, 7) is 1.94. The minimum atomic E-state index is 0.0319. The number of imidazole rings is 1. The Bertz CT molecular complexity index is 1110. The molecule has 30 heavy (non-hydrogen) atoms. The van der Waals surface area contributed by atoms with E-state index in [-0.39, 0.29) is 11.8 Å². The van der Waals surface area contributed by atoms with Crippen LogP contribution in [0.2, 0.25) is 0 Å². The van der Waals surface area contributed by atoms with Crippen molar-refractivity contribution in [2.24, 2.45) is 0 Å². The smallest absolute Gasteiger partial charge is 0.253 e. The van der Waals surface area contributed by atoms with E-state index in [1.54, 1.807) is 12.5 Å². The standard InChI is InChI=1S/C23H21N5O2/c29-23(19-8-6-18(7-9-19)13-27-11-10-24-16-27)28-14-20(15-28)22-25-21(26-30-22)12-17-4-2-1-3-5-17/h1-11,16,20H,12-15H2. The molecular formula is C23H21N5O2. The van der Waals surface area contributed by atoms with E-state index in [9.17, 15) is 4.79 Å². The number of benzene rings is 2. The molecule has 1 amide bonds. The number of likely N-dealkylation sites (tertiary alicyclic amines) is 1. The van der Waals surface area contributed by atoms with E-state index in [0.29, 0.717) is 36.8 Å².